The van der Waals surface area contributed by atoms with Crippen LogP contribution in [0.3, 0.4) is 0 Å². The van der Waals surface area contributed by atoms with Crippen molar-refractivity contribution in [1.82, 2.24) is 15.5 Å². The first kappa shape index (κ1) is 15.9. The number of sulfonamides is 1. The van der Waals surface area contributed by atoms with Gasteiger partial charge in [0.1, 0.15) is 5.82 Å². The smallest absolute Gasteiger partial charge is 0.236 e. The summed E-state index contributed by atoms with van der Waals surface area (Å²) in [6, 6.07) is 4.91. The molecule has 0 bridgehead atoms. The zero-order chi connectivity index (χ0) is 16.4. The van der Waals surface area contributed by atoms with Gasteiger partial charge in [0.2, 0.25) is 21.8 Å². The molecule has 1 aromatic heterocycles. The average Bonchev–Trinajstić information content (AvgIpc) is 3.18. The van der Waals surface area contributed by atoms with Gasteiger partial charge >= 0.3 is 0 Å². The van der Waals surface area contributed by atoms with E-state index in [4.69, 9.17) is 4.42 Å². The summed E-state index contributed by atoms with van der Waals surface area (Å²) >= 11 is 0. The van der Waals surface area contributed by atoms with Crippen molar-refractivity contribution >= 4 is 15.7 Å². The summed E-state index contributed by atoms with van der Waals surface area (Å²) in [4.78, 5) is 0. The van der Waals surface area contributed by atoms with E-state index < -0.39 is 21.1 Å². The Morgan fingerprint density at radius 2 is 2.09 bits per heavy atom. The molecule has 1 aliphatic rings. The van der Waals surface area contributed by atoms with Crippen LogP contribution in [-0.4, -0.2) is 30.4 Å². The molecule has 0 spiro atoms. The van der Waals surface area contributed by atoms with E-state index in [1.54, 1.807) is 0 Å². The Bertz CT molecular complexity index is 776. The lowest BCUT2D eigenvalue weighted by Gasteiger charge is -2.13. The number of anilines is 1. The maximum absolute atomic E-state index is 12.9. The van der Waals surface area contributed by atoms with Gasteiger partial charge in [-0.3, -0.25) is 4.72 Å². The summed E-state index contributed by atoms with van der Waals surface area (Å²) < 4.78 is 45.7. The van der Waals surface area contributed by atoms with E-state index in [0.717, 1.165) is 0 Å². The predicted molar refractivity (Wildman–Crippen MR) is 81.8 cm³/mol. The maximum Gasteiger partial charge on any atom is 0.236 e. The second-order valence-electron chi connectivity index (χ2n) is 5.36. The molecule has 1 aromatic carbocycles. The van der Waals surface area contributed by atoms with Gasteiger partial charge in [-0.1, -0.05) is 6.92 Å². The Labute approximate surface area is 133 Å². The average molecular weight is 340 g/mol. The molecule has 2 atom stereocenters. The molecule has 3 rings (SSSR count). The van der Waals surface area contributed by atoms with Crippen LogP contribution in [0.1, 0.15) is 31.2 Å². The quantitative estimate of drug-likeness (QED) is 0.858. The van der Waals surface area contributed by atoms with Gasteiger partial charge in [-0.05, 0) is 30.7 Å². The third-order valence-corrected chi connectivity index (χ3v) is 5.47. The number of benzene rings is 1. The lowest BCUT2D eigenvalue weighted by molar-refractivity contribution is 0.405. The van der Waals surface area contributed by atoms with Crippen LogP contribution in [0.5, 0.6) is 0 Å². The highest BCUT2D eigenvalue weighted by Crippen LogP contribution is 2.27. The first-order valence-corrected chi connectivity index (χ1v) is 8.85. The lowest BCUT2D eigenvalue weighted by atomic mass is 10.2. The standard InChI is InChI=1S/C14H17FN4O3S/c1-2-13-17-18-14(22-13)12-7-11(8-16-12)23(20,21)19-10-5-3-9(15)4-6-10/h3-6,11-12,16,19H,2,7-8H2,1H3. The summed E-state index contributed by atoms with van der Waals surface area (Å²) in [5.41, 5.74) is 0.334. The third kappa shape index (κ3) is 3.50. The van der Waals surface area contributed by atoms with E-state index in [2.05, 4.69) is 20.2 Å². The van der Waals surface area contributed by atoms with Crippen LogP contribution < -0.4 is 10.0 Å². The molecule has 124 valence electrons. The SMILES string of the molecule is CCc1nnc(C2CC(S(=O)(=O)Nc3ccc(F)cc3)CN2)o1. The Balaban J connectivity index is 1.68. The number of hydrogen-bond donors (Lipinski definition) is 2. The molecule has 0 amide bonds. The van der Waals surface area contributed by atoms with Gasteiger partial charge in [-0.2, -0.15) is 0 Å². The van der Waals surface area contributed by atoms with Crippen LogP contribution in [-0.2, 0) is 16.4 Å². The van der Waals surface area contributed by atoms with Crippen LogP contribution in [0.15, 0.2) is 28.7 Å². The van der Waals surface area contributed by atoms with Crippen molar-refractivity contribution in [2.75, 3.05) is 11.3 Å². The predicted octanol–water partition coefficient (Wildman–Crippen LogP) is 1.62. The first-order valence-electron chi connectivity index (χ1n) is 7.31. The fraction of sp³-hybridized carbons (Fsp3) is 0.429. The topological polar surface area (TPSA) is 97.1 Å². The van der Waals surface area contributed by atoms with Crippen LogP contribution in [0, 0.1) is 5.82 Å². The van der Waals surface area contributed by atoms with Gasteiger partial charge in [0.25, 0.3) is 0 Å². The molecule has 0 radical (unpaired) electrons. The van der Waals surface area contributed by atoms with Crippen LogP contribution in [0.4, 0.5) is 10.1 Å². The van der Waals surface area contributed by atoms with Crippen molar-refractivity contribution in [2.45, 2.75) is 31.1 Å². The highest BCUT2D eigenvalue weighted by Gasteiger charge is 2.37. The van der Waals surface area contributed by atoms with Gasteiger partial charge in [-0.15, -0.1) is 10.2 Å². The number of nitrogens with zero attached hydrogens (tertiary/aromatic N) is 2. The Morgan fingerprint density at radius 1 is 1.35 bits per heavy atom. The van der Waals surface area contributed by atoms with Crippen molar-refractivity contribution in [1.29, 1.82) is 0 Å². The highest BCUT2D eigenvalue weighted by molar-refractivity contribution is 7.93. The Morgan fingerprint density at radius 3 is 2.74 bits per heavy atom. The summed E-state index contributed by atoms with van der Waals surface area (Å²) in [5, 5.41) is 10.3. The van der Waals surface area contributed by atoms with E-state index in [-0.39, 0.29) is 12.6 Å². The van der Waals surface area contributed by atoms with E-state index in [9.17, 15) is 12.8 Å². The largest absolute Gasteiger partial charge is 0.424 e. The van der Waals surface area contributed by atoms with E-state index in [1.807, 2.05) is 6.92 Å². The third-order valence-electron chi connectivity index (χ3n) is 3.72. The van der Waals surface area contributed by atoms with Crippen molar-refractivity contribution in [2.24, 2.45) is 0 Å². The molecule has 1 saturated heterocycles. The number of hydrogen-bond acceptors (Lipinski definition) is 6. The summed E-state index contributed by atoms with van der Waals surface area (Å²) in [7, 11) is -3.59. The van der Waals surface area contributed by atoms with Gasteiger partial charge in [0.05, 0.1) is 11.3 Å². The van der Waals surface area contributed by atoms with Crippen molar-refractivity contribution in [3.05, 3.63) is 41.9 Å². The number of aromatic nitrogens is 2. The molecule has 0 aliphatic carbocycles. The van der Waals surface area contributed by atoms with Crippen molar-refractivity contribution in [3.63, 3.8) is 0 Å². The van der Waals surface area contributed by atoms with Crippen LogP contribution in [0.25, 0.3) is 0 Å². The summed E-state index contributed by atoms with van der Waals surface area (Å²) in [6.07, 6.45) is 0.968. The second kappa shape index (κ2) is 6.25. The Hall–Kier alpha value is -2.00. The monoisotopic (exact) mass is 340 g/mol. The van der Waals surface area contributed by atoms with Crippen molar-refractivity contribution < 1.29 is 17.2 Å². The zero-order valence-corrected chi connectivity index (χ0v) is 13.3. The second-order valence-corrected chi connectivity index (χ2v) is 7.32. The molecule has 2 unspecified atom stereocenters. The van der Waals surface area contributed by atoms with E-state index >= 15 is 0 Å². The molecule has 1 aliphatic heterocycles. The number of rotatable bonds is 5. The van der Waals surface area contributed by atoms with Gasteiger partial charge < -0.3 is 9.73 Å². The minimum Gasteiger partial charge on any atom is -0.424 e. The van der Waals surface area contributed by atoms with E-state index in [1.165, 1.54) is 24.3 Å². The van der Waals surface area contributed by atoms with Gasteiger partial charge in [-0.25, -0.2) is 12.8 Å². The molecule has 9 heteroatoms. The molecule has 2 aromatic rings. The molecule has 2 N–H and O–H groups in total. The fourth-order valence-electron chi connectivity index (χ4n) is 2.44. The Kier molecular flexibility index (Phi) is 4.31. The van der Waals surface area contributed by atoms with Crippen molar-refractivity contribution in [3.8, 4) is 0 Å². The molecular formula is C14H17FN4O3S. The fourth-order valence-corrected chi connectivity index (χ4v) is 3.84. The van der Waals surface area contributed by atoms with Crippen LogP contribution in [0.2, 0.25) is 0 Å². The minimum atomic E-state index is -3.59. The molecule has 23 heavy (non-hydrogen) atoms. The summed E-state index contributed by atoms with van der Waals surface area (Å²) in [5.74, 6) is 0.512. The lowest BCUT2D eigenvalue weighted by Crippen LogP contribution is -2.29. The molecular weight excluding hydrogens is 323 g/mol. The number of nitrogens with one attached hydrogen (secondary N) is 2. The highest BCUT2D eigenvalue weighted by atomic mass is 32.2. The number of aryl methyl sites for hydroxylation is 1. The molecule has 2 heterocycles. The first-order chi connectivity index (χ1) is 11.0. The van der Waals surface area contributed by atoms with Crippen LogP contribution >= 0.6 is 0 Å². The molecule has 0 saturated carbocycles. The normalized spacial score (nSPS) is 21.5. The minimum absolute atomic E-state index is 0.280. The molecule has 1 fully saturated rings. The maximum atomic E-state index is 12.9. The zero-order valence-electron chi connectivity index (χ0n) is 12.5. The molecule has 7 nitrogen and oxygen atoms in total. The van der Waals surface area contributed by atoms with Gasteiger partial charge in [0, 0.05) is 18.7 Å². The number of halogens is 1. The van der Waals surface area contributed by atoms with Gasteiger partial charge in [0.15, 0.2) is 0 Å². The van der Waals surface area contributed by atoms with E-state index in [0.29, 0.717) is 30.3 Å². The summed E-state index contributed by atoms with van der Waals surface area (Å²) in [6.45, 7) is 2.18.